The molecule has 2 N–H and O–H groups in total. The van der Waals surface area contributed by atoms with Crippen LogP contribution in [0.15, 0.2) is 52.5 Å². The monoisotopic (exact) mass is 754 g/mol. The normalized spacial score (nSPS) is 31.5. The number of alkyl halides is 3. The molecule has 2 saturated heterocycles. The molecule has 2 heterocycles. The molecule has 6 atom stereocenters. The number of carboxylic acid groups (broad SMARTS) is 1. The zero-order valence-electron chi connectivity index (χ0n) is 22.2. The molecule has 2 aliphatic carbocycles. The van der Waals surface area contributed by atoms with Crippen molar-refractivity contribution in [3.63, 3.8) is 0 Å². The van der Waals surface area contributed by atoms with E-state index in [-0.39, 0.29) is 45.5 Å². The van der Waals surface area contributed by atoms with Crippen molar-refractivity contribution in [3.05, 3.63) is 63.6 Å². The molecule has 3 fully saturated rings. The summed E-state index contributed by atoms with van der Waals surface area (Å²) >= 11 is 21.0. The Bertz CT molecular complexity index is 1680. The Kier molecular flexibility index (Phi) is 7.23. The molecule has 2 aromatic rings. The maximum Gasteiger partial charge on any atom is 0.335 e. The molecule has 224 valence electrons. The van der Waals surface area contributed by atoms with E-state index in [0.717, 1.165) is 9.80 Å². The molecular weight excluding hydrogens is 735 g/mol. The van der Waals surface area contributed by atoms with Crippen molar-refractivity contribution in [1.82, 2.24) is 4.90 Å². The van der Waals surface area contributed by atoms with E-state index in [2.05, 4.69) is 31.9 Å². The summed E-state index contributed by atoms with van der Waals surface area (Å²) in [7, 11) is 1.36. The number of nitrogens with zero attached hydrogens (tertiary/aromatic N) is 2. The highest BCUT2D eigenvalue weighted by atomic mass is 79.9. The van der Waals surface area contributed by atoms with Crippen LogP contribution in [0.1, 0.15) is 34.7 Å². The highest BCUT2D eigenvalue weighted by Gasteiger charge is 2.76. The Labute approximate surface area is 271 Å². The van der Waals surface area contributed by atoms with Gasteiger partial charge in [0.15, 0.2) is 21.2 Å². The zero-order chi connectivity index (χ0) is 31.2. The lowest BCUT2D eigenvalue weighted by atomic mass is 9.56. The largest absolute Gasteiger partial charge is 0.503 e. The number of aromatic hydroxyl groups is 1. The summed E-state index contributed by atoms with van der Waals surface area (Å²) in [6.07, 6.45) is 1.71. The number of likely N-dealkylation sites (tertiary alicyclic amines) is 1. The number of methoxy groups -OCH3 is 1. The van der Waals surface area contributed by atoms with Crippen LogP contribution in [-0.4, -0.2) is 67.0 Å². The molecular formula is C29H22Br2Cl2N2O8. The summed E-state index contributed by atoms with van der Waals surface area (Å²) in [4.78, 5) is 65.0. The molecule has 0 aromatic heterocycles. The number of amides is 4. The van der Waals surface area contributed by atoms with Gasteiger partial charge in [-0.15, -0.1) is 23.2 Å². The van der Waals surface area contributed by atoms with Crippen molar-refractivity contribution in [1.29, 1.82) is 0 Å². The fraction of sp³-hybridized carbons (Fsp3) is 0.345. The van der Waals surface area contributed by atoms with Gasteiger partial charge in [0, 0.05) is 5.92 Å². The number of hydrogen-bond donors (Lipinski definition) is 2. The fourth-order valence-corrected chi connectivity index (χ4v) is 8.96. The van der Waals surface area contributed by atoms with Gasteiger partial charge in [0.05, 0.1) is 40.1 Å². The van der Waals surface area contributed by atoms with Gasteiger partial charge in [0.1, 0.15) is 0 Å². The van der Waals surface area contributed by atoms with Crippen LogP contribution in [0.5, 0.6) is 11.5 Å². The third-order valence-electron chi connectivity index (χ3n) is 8.97. The summed E-state index contributed by atoms with van der Waals surface area (Å²) in [6.45, 7) is 0. The van der Waals surface area contributed by atoms with E-state index in [1.54, 1.807) is 12.1 Å². The Morgan fingerprint density at radius 1 is 1.09 bits per heavy atom. The second-order valence-corrected chi connectivity index (χ2v) is 13.5. The number of rotatable bonds is 5. The number of carbonyl (C=O) groups excluding carboxylic acids is 4. The molecule has 0 spiro atoms. The van der Waals surface area contributed by atoms with E-state index in [4.69, 9.17) is 27.9 Å². The van der Waals surface area contributed by atoms with Gasteiger partial charge in [-0.05, 0) is 70.6 Å². The smallest absolute Gasteiger partial charge is 0.335 e. The molecule has 0 radical (unpaired) electrons. The number of anilines is 1. The quantitative estimate of drug-likeness (QED) is 0.192. The van der Waals surface area contributed by atoms with Gasteiger partial charge in [-0.1, -0.05) is 33.6 Å². The van der Waals surface area contributed by atoms with Crippen molar-refractivity contribution in [2.24, 2.45) is 17.8 Å². The van der Waals surface area contributed by atoms with Crippen LogP contribution in [0.4, 0.5) is 5.69 Å². The third-order valence-corrected chi connectivity index (χ3v) is 11.5. The molecule has 0 bridgehead atoms. The highest BCUT2D eigenvalue weighted by molar-refractivity contribution is 9.10. The van der Waals surface area contributed by atoms with Crippen LogP contribution in [0.25, 0.3) is 0 Å². The Morgan fingerprint density at radius 3 is 2.47 bits per heavy atom. The first-order valence-corrected chi connectivity index (χ1v) is 15.8. The molecule has 2 aromatic carbocycles. The first-order chi connectivity index (χ1) is 20.3. The SMILES string of the molecule is COc1cc([C@H]2C3=CC[C@@H]4C(=O)N(c5cccc(C(=O)O)c5)C(=O)[C@@H]4[C@@H]3C[C@@]3(Cl)C(=O)N(CBr)C(=O)[C@@]23Cl)cc(Br)c1O. The van der Waals surface area contributed by atoms with Gasteiger partial charge in [-0.25, -0.2) is 4.79 Å². The van der Waals surface area contributed by atoms with E-state index in [0.29, 0.717) is 11.1 Å². The predicted molar refractivity (Wildman–Crippen MR) is 162 cm³/mol. The second-order valence-electron chi connectivity index (χ2n) is 10.9. The first kappa shape index (κ1) is 30.1. The summed E-state index contributed by atoms with van der Waals surface area (Å²) in [5.74, 6) is -7.43. The van der Waals surface area contributed by atoms with Gasteiger partial charge in [0.2, 0.25) is 11.8 Å². The molecule has 0 unspecified atom stereocenters. The maximum atomic E-state index is 14.1. The molecule has 4 aliphatic rings. The van der Waals surface area contributed by atoms with Gasteiger partial charge in [-0.2, -0.15) is 0 Å². The number of hydrogen-bond acceptors (Lipinski definition) is 7. The fourth-order valence-electron chi connectivity index (χ4n) is 7.08. The maximum absolute atomic E-state index is 14.1. The standard InChI is InChI=1S/C29H22Br2Cl2N2O8/c1-43-19-9-13(8-18(31)22(19)36)21-15-5-6-16-20(17(15)10-28(32)26(41)34(11-30)27(42)29(21,28)33)24(38)35(23(16)37)14-4-2-3-12(7-14)25(39)40/h2-5,7-9,16-17,20-21,36H,6,10-11H2,1H3,(H,39,40)/t16-,17+,20-,21-,28+,29-/m0/s1. The highest BCUT2D eigenvalue weighted by Crippen LogP contribution is 2.66. The van der Waals surface area contributed by atoms with Crippen LogP contribution in [0.2, 0.25) is 0 Å². The van der Waals surface area contributed by atoms with E-state index in [1.165, 1.54) is 37.4 Å². The van der Waals surface area contributed by atoms with Crippen molar-refractivity contribution < 1.29 is 38.9 Å². The first-order valence-electron chi connectivity index (χ1n) is 13.1. The van der Waals surface area contributed by atoms with Crippen LogP contribution in [-0.2, 0) is 19.2 Å². The Morgan fingerprint density at radius 2 is 1.81 bits per heavy atom. The molecule has 10 nitrogen and oxygen atoms in total. The lowest BCUT2D eigenvalue weighted by Crippen LogP contribution is -2.60. The van der Waals surface area contributed by atoms with E-state index >= 15 is 0 Å². The number of halogens is 4. The summed E-state index contributed by atoms with van der Waals surface area (Å²) in [5.41, 5.74) is 0.829. The Hall–Kier alpha value is -2.93. The lowest BCUT2D eigenvalue weighted by molar-refractivity contribution is -0.138. The predicted octanol–water partition coefficient (Wildman–Crippen LogP) is 4.78. The van der Waals surface area contributed by atoms with Crippen molar-refractivity contribution in [2.75, 3.05) is 17.5 Å². The number of carbonyl (C=O) groups is 5. The number of allylic oxidation sites excluding steroid dienone is 2. The molecule has 1 saturated carbocycles. The average Bonchev–Trinajstić information content (AvgIpc) is 3.32. The van der Waals surface area contributed by atoms with Crippen LogP contribution in [0, 0.1) is 17.8 Å². The van der Waals surface area contributed by atoms with Crippen LogP contribution >= 0.6 is 55.1 Å². The van der Waals surface area contributed by atoms with Crippen molar-refractivity contribution in [2.45, 2.75) is 28.5 Å². The molecule has 6 rings (SSSR count). The van der Waals surface area contributed by atoms with Gasteiger partial charge >= 0.3 is 5.97 Å². The van der Waals surface area contributed by atoms with E-state index < -0.39 is 63.0 Å². The minimum Gasteiger partial charge on any atom is -0.503 e. The number of benzene rings is 2. The van der Waals surface area contributed by atoms with E-state index in [9.17, 15) is 34.2 Å². The number of aromatic carboxylic acids is 1. The number of carboxylic acids is 1. The molecule has 2 aliphatic heterocycles. The van der Waals surface area contributed by atoms with Crippen molar-refractivity contribution >= 4 is 90.3 Å². The summed E-state index contributed by atoms with van der Waals surface area (Å²) in [6, 6.07) is 8.60. The Balaban J connectivity index is 1.53. The van der Waals surface area contributed by atoms with Crippen molar-refractivity contribution in [3.8, 4) is 11.5 Å². The number of ether oxygens (including phenoxy) is 1. The number of phenolic OH excluding ortho intramolecular Hbond substituents is 1. The van der Waals surface area contributed by atoms with Crippen LogP contribution < -0.4 is 9.64 Å². The van der Waals surface area contributed by atoms with Gasteiger partial charge < -0.3 is 14.9 Å². The zero-order valence-corrected chi connectivity index (χ0v) is 26.9. The second kappa shape index (κ2) is 10.3. The third kappa shape index (κ3) is 3.99. The molecule has 14 heteroatoms. The van der Waals surface area contributed by atoms with E-state index in [1.807, 2.05) is 0 Å². The average molecular weight is 757 g/mol. The molecule has 43 heavy (non-hydrogen) atoms. The van der Waals surface area contributed by atoms with Gasteiger partial charge in [-0.3, -0.25) is 29.0 Å². The minimum atomic E-state index is -2.02. The summed E-state index contributed by atoms with van der Waals surface area (Å²) in [5, 5.41) is 20.0. The number of imide groups is 2. The topological polar surface area (TPSA) is 142 Å². The summed E-state index contributed by atoms with van der Waals surface area (Å²) < 4.78 is 5.59. The number of fused-ring (bicyclic) bond motifs is 4. The van der Waals surface area contributed by atoms with Gasteiger partial charge in [0.25, 0.3) is 11.8 Å². The number of phenols is 1. The molecule has 4 amide bonds. The van der Waals surface area contributed by atoms with Crippen LogP contribution in [0.3, 0.4) is 0 Å². The lowest BCUT2D eigenvalue weighted by Gasteiger charge is -2.50. The minimum absolute atomic E-state index is 0.0759.